The molecule has 132 valence electrons. The van der Waals surface area contributed by atoms with Gasteiger partial charge in [-0.3, -0.25) is 0 Å². The molecule has 0 bridgehead atoms. The van der Waals surface area contributed by atoms with Crippen LogP contribution in [0, 0.1) is 12.8 Å². The molecule has 2 aromatic rings. The summed E-state index contributed by atoms with van der Waals surface area (Å²) in [5.74, 6) is -0.904. The molecule has 5 heteroatoms. The second-order valence-electron chi connectivity index (χ2n) is 4.97. The molecule has 0 fully saturated rings. The van der Waals surface area contributed by atoms with Crippen molar-refractivity contribution >= 4 is 23.1 Å². The van der Waals surface area contributed by atoms with Gasteiger partial charge in [0, 0.05) is 11.6 Å². The van der Waals surface area contributed by atoms with Gasteiger partial charge in [-0.05, 0) is 13.8 Å². The van der Waals surface area contributed by atoms with E-state index in [0.717, 1.165) is 12.8 Å². The summed E-state index contributed by atoms with van der Waals surface area (Å²) in [6.45, 7) is 2.72. The van der Waals surface area contributed by atoms with Crippen LogP contribution in [0.4, 0.5) is 0 Å². The molecule has 0 aliphatic heterocycles. The minimum absolute atomic E-state index is 0. The van der Waals surface area contributed by atoms with Crippen LogP contribution in [0.3, 0.4) is 0 Å². The van der Waals surface area contributed by atoms with Gasteiger partial charge in [0.2, 0.25) is 0 Å². The third kappa shape index (κ3) is 9.41. The first kappa shape index (κ1) is 22.5. The van der Waals surface area contributed by atoms with E-state index in [1.165, 1.54) is 13.8 Å². The number of benzene rings is 2. The first-order valence-electron chi connectivity index (χ1n) is 7.29. The monoisotopic (exact) mass is 428 g/mol. The van der Waals surface area contributed by atoms with Crippen LogP contribution in [0.15, 0.2) is 60.7 Å². The predicted octanol–water partition coefficient (Wildman–Crippen LogP) is 3.32. The van der Waals surface area contributed by atoms with Gasteiger partial charge in [0.05, 0.1) is 11.6 Å². The quantitative estimate of drug-likeness (QED) is 0.306. The summed E-state index contributed by atoms with van der Waals surface area (Å²) < 4.78 is 0. The van der Waals surface area contributed by atoms with E-state index < -0.39 is 0 Å². The van der Waals surface area contributed by atoms with Gasteiger partial charge in [-0.1, -0.05) is 36.4 Å². The number of carbonyl (C=O) groups is 4. The molecule has 2 rings (SSSR count). The average molecular weight is 429 g/mol. The molecular weight excluding hydrogens is 411 g/mol. The molecule has 0 aliphatic rings. The molecule has 0 atom stereocenters. The number of rotatable bonds is 6. The SMILES string of the molecule is CC(=O)[CH-]C(=O)c1ccccc1.CC(=O)[CH-]C(=O)c1ccccc1.[Pd+2]. The summed E-state index contributed by atoms with van der Waals surface area (Å²) >= 11 is 0. The van der Waals surface area contributed by atoms with Crippen molar-refractivity contribution in [1.82, 2.24) is 0 Å². The van der Waals surface area contributed by atoms with Gasteiger partial charge in [-0.25, -0.2) is 0 Å². The van der Waals surface area contributed by atoms with Crippen molar-refractivity contribution < 1.29 is 39.6 Å². The fourth-order valence-corrected chi connectivity index (χ4v) is 1.74. The number of carbonyl (C=O) groups excluding carboxylic acids is 4. The summed E-state index contributed by atoms with van der Waals surface area (Å²) in [6.07, 6.45) is 2.19. The minimum atomic E-state index is -0.233. The van der Waals surface area contributed by atoms with Crippen molar-refractivity contribution in [2.45, 2.75) is 13.8 Å². The second-order valence-corrected chi connectivity index (χ2v) is 4.97. The molecule has 0 aliphatic carbocycles. The van der Waals surface area contributed by atoms with Crippen LogP contribution < -0.4 is 0 Å². The van der Waals surface area contributed by atoms with Crippen LogP contribution in [-0.2, 0) is 30.0 Å². The fraction of sp³-hybridized carbons (Fsp3) is 0.100. The first-order chi connectivity index (χ1) is 11.4. The molecule has 0 amide bonds. The number of ketones is 4. The number of hydrogen-bond acceptors (Lipinski definition) is 4. The second kappa shape index (κ2) is 12.0. The predicted molar refractivity (Wildman–Crippen MR) is 91.5 cm³/mol. The summed E-state index contributed by atoms with van der Waals surface area (Å²) in [5.41, 5.74) is 1.10. The zero-order chi connectivity index (χ0) is 17.9. The summed E-state index contributed by atoms with van der Waals surface area (Å²) in [7, 11) is 0. The molecule has 0 N–H and O–H groups in total. The van der Waals surface area contributed by atoms with Crippen LogP contribution in [0.2, 0.25) is 0 Å². The van der Waals surface area contributed by atoms with Gasteiger partial charge in [-0.2, -0.15) is 0 Å². The topological polar surface area (TPSA) is 68.3 Å². The Kier molecular flexibility index (Phi) is 10.8. The molecule has 0 saturated carbocycles. The molecule has 0 spiro atoms. The van der Waals surface area contributed by atoms with Crippen LogP contribution in [0.25, 0.3) is 0 Å². The molecule has 2 aromatic carbocycles. The molecule has 0 heterocycles. The Morgan fingerprint density at radius 2 is 0.880 bits per heavy atom. The zero-order valence-electron chi connectivity index (χ0n) is 13.9. The van der Waals surface area contributed by atoms with Gasteiger partial charge in [-0.15, -0.1) is 48.2 Å². The van der Waals surface area contributed by atoms with E-state index in [0.29, 0.717) is 11.1 Å². The number of Topliss-reactive ketones (excluding diaryl/α,β-unsaturated/α-hetero) is 4. The smallest absolute Gasteiger partial charge is 0.331 e. The van der Waals surface area contributed by atoms with Gasteiger partial charge in [0.25, 0.3) is 0 Å². The van der Waals surface area contributed by atoms with Gasteiger partial charge in [0.15, 0.2) is 0 Å². The van der Waals surface area contributed by atoms with E-state index in [4.69, 9.17) is 0 Å². The van der Waals surface area contributed by atoms with Gasteiger partial charge < -0.3 is 19.2 Å². The summed E-state index contributed by atoms with van der Waals surface area (Å²) in [6, 6.07) is 17.4. The molecule has 25 heavy (non-hydrogen) atoms. The van der Waals surface area contributed by atoms with Crippen molar-refractivity contribution in [2.75, 3.05) is 0 Å². The van der Waals surface area contributed by atoms with Crippen molar-refractivity contribution in [3.8, 4) is 0 Å². The van der Waals surface area contributed by atoms with Crippen LogP contribution in [0.1, 0.15) is 34.6 Å². The van der Waals surface area contributed by atoms with Crippen LogP contribution in [-0.4, -0.2) is 23.1 Å². The minimum Gasteiger partial charge on any atom is -0.331 e. The Morgan fingerprint density at radius 1 is 0.600 bits per heavy atom. The molecular formula is C20H18O4Pd. The third-order valence-electron chi connectivity index (χ3n) is 2.79. The maximum Gasteiger partial charge on any atom is 2.00 e. The Bertz CT molecular complexity index is 645. The Labute approximate surface area is 161 Å². The molecule has 4 nitrogen and oxygen atoms in total. The molecule has 0 saturated heterocycles. The normalized spacial score (nSPS) is 8.72. The Balaban J connectivity index is 0.000000443. The van der Waals surface area contributed by atoms with Crippen LogP contribution in [0.5, 0.6) is 0 Å². The van der Waals surface area contributed by atoms with E-state index in [2.05, 4.69) is 0 Å². The van der Waals surface area contributed by atoms with E-state index in [1.54, 1.807) is 48.5 Å². The maximum atomic E-state index is 11.2. The summed E-state index contributed by atoms with van der Waals surface area (Å²) in [4.78, 5) is 43.5. The van der Waals surface area contributed by atoms with E-state index in [-0.39, 0.29) is 43.6 Å². The van der Waals surface area contributed by atoms with E-state index in [1.807, 2.05) is 12.1 Å². The molecule has 0 aromatic heterocycles. The maximum absolute atomic E-state index is 11.2. The van der Waals surface area contributed by atoms with Crippen LogP contribution >= 0.6 is 0 Å². The van der Waals surface area contributed by atoms with Crippen molar-refractivity contribution in [3.63, 3.8) is 0 Å². The standard InChI is InChI=1S/2C10H9O2.Pd/c2*1-8(11)7-10(12)9-5-3-2-4-6-9;/h2*2-7H,1H3;/q2*-1;+2. The fourth-order valence-electron chi connectivity index (χ4n) is 1.74. The van der Waals surface area contributed by atoms with Crippen molar-refractivity contribution in [1.29, 1.82) is 0 Å². The van der Waals surface area contributed by atoms with Gasteiger partial charge >= 0.3 is 20.4 Å². The third-order valence-corrected chi connectivity index (χ3v) is 2.79. The van der Waals surface area contributed by atoms with Gasteiger partial charge in [0.1, 0.15) is 0 Å². The molecule has 0 radical (unpaired) electrons. The summed E-state index contributed by atoms with van der Waals surface area (Å²) in [5, 5.41) is 0. The van der Waals surface area contributed by atoms with Crippen molar-refractivity contribution in [2.24, 2.45) is 0 Å². The van der Waals surface area contributed by atoms with E-state index >= 15 is 0 Å². The number of hydrogen-bond donors (Lipinski definition) is 0. The van der Waals surface area contributed by atoms with E-state index in [9.17, 15) is 19.2 Å². The average Bonchev–Trinajstić information content (AvgIpc) is 2.56. The Hall–Kier alpha value is -2.48. The zero-order valence-corrected chi connectivity index (χ0v) is 15.4. The largest absolute Gasteiger partial charge is 2.00 e. The van der Waals surface area contributed by atoms with Crippen molar-refractivity contribution in [3.05, 3.63) is 84.6 Å². The molecule has 0 unspecified atom stereocenters. The first-order valence-corrected chi connectivity index (χ1v) is 7.29. The Morgan fingerprint density at radius 3 is 1.12 bits per heavy atom.